The lowest BCUT2D eigenvalue weighted by atomic mass is 10.2. The highest BCUT2D eigenvalue weighted by Gasteiger charge is 2.20. The van der Waals surface area contributed by atoms with Gasteiger partial charge in [0.15, 0.2) is 11.6 Å². The summed E-state index contributed by atoms with van der Waals surface area (Å²) in [6.07, 6.45) is -0.848. The van der Waals surface area contributed by atoms with Crippen molar-refractivity contribution < 1.29 is 18.3 Å². The number of pyridine rings is 1. The SMILES string of the molecule is CCOC(=O)Nc1nc(F)c(SI)c(F)c1C#CSI. The van der Waals surface area contributed by atoms with E-state index in [-0.39, 0.29) is 22.9 Å². The lowest BCUT2D eigenvalue weighted by Crippen LogP contribution is -2.17. The molecule has 0 aromatic carbocycles. The monoisotopic (exact) mass is 542 g/mol. The average Bonchev–Trinajstić information content (AvgIpc) is 2.39. The second kappa shape index (κ2) is 9.11. The molecule has 10 heteroatoms. The number of nitrogens with zero attached hydrogens (tertiary/aromatic N) is 1. The molecular weight excluding hydrogens is 536 g/mol. The predicted octanol–water partition coefficient (Wildman–Crippen LogP) is 4.76. The molecule has 0 saturated carbocycles. The van der Waals surface area contributed by atoms with Crippen LogP contribution in [0.2, 0.25) is 0 Å². The molecule has 0 unspecified atom stereocenters. The van der Waals surface area contributed by atoms with Crippen LogP contribution >= 0.6 is 60.3 Å². The van der Waals surface area contributed by atoms with Crippen LogP contribution in [0.3, 0.4) is 0 Å². The number of carbonyl (C=O) groups is 1. The minimum absolute atomic E-state index is 0.128. The molecule has 1 amide bonds. The van der Waals surface area contributed by atoms with Gasteiger partial charge in [0, 0.05) is 42.4 Å². The topological polar surface area (TPSA) is 51.2 Å². The number of anilines is 1. The van der Waals surface area contributed by atoms with Gasteiger partial charge >= 0.3 is 6.09 Å². The zero-order valence-electron chi connectivity index (χ0n) is 9.80. The summed E-state index contributed by atoms with van der Waals surface area (Å²) in [7, 11) is 1.97. The van der Waals surface area contributed by atoms with E-state index < -0.39 is 17.9 Å². The molecule has 0 aliphatic heterocycles. The Hall–Kier alpha value is -0.000000000000000111. The van der Waals surface area contributed by atoms with E-state index in [9.17, 15) is 13.6 Å². The van der Waals surface area contributed by atoms with Gasteiger partial charge in [0.2, 0.25) is 5.95 Å². The fourth-order valence-corrected chi connectivity index (χ4v) is 2.99. The second-order valence-corrected chi connectivity index (χ2v) is 6.56. The summed E-state index contributed by atoms with van der Waals surface area (Å²) in [4.78, 5) is 14.6. The number of halogens is 4. The third-order valence-electron chi connectivity index (χ3n) is 1.84. The zero-order chi connectivity index (χ0) is 15.1. The summed E-state index contributed by atoms with van der Waals surface area (Å²) < 4.78 is 32.4. The van der Waals surface area contributed by atoms with Crippen LogP contribution in [0.4, 0.5) is 19.4 Å². The van der Waals surface area contributed by atoms with Crippen LogP contribution in [0.1, 0.15) is 12.5 Å². The molecule has 1 aromatic rings. The predicted molar refractivity (Wildman–Crippen MR) is 93.2 cm³/mol. The van der Waals surface area contributed by atoms with Crippen molar-refractivity contribution in [2.75, 3.05) is 11.9 Å². The Labute approximate surface area is 146 Å². The first-order valence-electron chi connectivity index (χ1n) is 4.95. The molecule has 0 atom stereocenters. The Bertz CT molecular complexity index is 579. The first-order valence-corrected chi connectivity index (χ1v) is 11.7. The number of ether oxygens (including phenoxy) is 1. The van der Waals surface area contributed by atoms with Crippen LogP contribution in [0.5, 0.6) is 0 Å². The van der Waals surface area contributed by atoms with Crippen LogP contribution < -0.4 is 5.32 Å². The maximum Gasteiger partial charge on any atom is 0.412 e. The Morgan fingerprint density at radius 1 is 1.50 bits per heavy atom. The van der Waals surface area contributed by atoms with Gasteiger partial charge in [-0.1, -0.05) is 0 Å². The third kappa shape index (κ3) is 4.78. The minimum atomic E-state index is -1.01. The molecule has 4 nitrogen and oxygen atoms in total. The average molecular weight is 542 g/mol. The Kier molecular flexibility index (Phi) is 8.22. The van der Waals surface area contributed by atoms with Crippen molar-refractivity contribution >= 4 is 72.2 Å². The van der Waals surface area contributed by atoms with E-state index in [2.05, 4.69) is 26.2 Å². The number of rotatable bonds is 3. The number of hydrogen-bond donors (Lipinski definition) is 1. The third-order valence-corrected chi connectivity index (χ3v) is 4.50. The van der Waals surface area contributed by atoms with E-state index in [0.29, 0.717) is 0 Å². The molecule has 0 aliphatic rings. The van der Waals surface area contributed by atoms with Crippen molar-refractivity contribution in [3.8, 4) is 11.2 Å². The zero-order valence-corrected chi connectivity index (χ0v) is 15.7. The Morgan fingerprint density at radius 3 is 2.75 bits per heavy atom. The summed E-state index contributed by atoms with van der Waals surface area (Å²) in [6, 6.07) is 0. The molecule has 0 saturated heterocycles. The highest BCUT2D eigenvalue weighted by atomic mass is 127. The molecular formula is C10H6F2I2N2O2S2. The maximum atomic E-state index is 14.1. The van der Waals surface area contributed by atoms with Gasteiger partial charge in [-0.3, -0.25) is 5.32 Å². The Balaban J connectivity index is 3.30. The molecule has 0 radical (unpaired) electrons. The van der Waals surface area contributed by atoms with Gasteiger partial charge in [-0.15, -0.1) is 0 Å². The lowest BCUT2D eigenvalue weighted by molar-refractivity contribution is 0.168. The van der Waals surface area contributed by atoms with E-state index in [1.165, 1.54) is 0 Å². The molecule has 0 aliphatic carbocycles. The summed E-state index contributed by atoms with van der Waals surface area (Å²) >= 11 is 3.65. The smallest absolute Gasteiger partial charge is 0.412 e. The van der Waals surface area contributed by atoms with Crippen molar-refractivity contribution in [3.05, 3.63) is 17.3 Å². The van der Waals surface area contributed by atoms with Crippen LogP contribution in [0.15, 0.2) is 4.90 Å². The number of amides is 1. The molecule has 0 spiro atoms. The van der Waals surface area contributed by atoms with Crippen LogP contribution in [0, 0.1) is 22.9 Å². The number of nitrogens with one attached hydrogen (secondary N) is 1. The molecule has 0 bridgehead atoms. The summed E-state index contributed by atoms with van der Waals surface area (Å²) in [6.45, 7) is 1.74. The number of carbonyl (C=O) groups excluding carboxylic acids is 1. The van der Waals surface area contributed by atoms with Crippen LogP contribution in [0.25, 0.3) is 0 Å². The first kappa shape index (κ1) is 18.1. The molecule has 1 heterocycles. The van der Waals surface area contributed by atoms with Gasteiger partial charge < -0.3 is 4.74 Å². The minimum Gasteiger partial charge on any atom is -0.450 e. The van der Waals surface area contributed by atoms with Crippen molar-refractivity contribution in [1.82, 2.24) is 4.98 Å². The van der Waals surface area contributed by atoms with E-state index in [1.54, 1.807) is 28.1 Å². The normalized spacial score (nSPS) is 9.65. The fraction of sp³-hybridized carbons (Fsp3) is 0.200. The van der Waals surface area contributed by atoms with Crippen molar-refractivity contribution in [2.24, 2.45) is 0 Å². The summed E-state index contributed by atoms with van der Waals surface area (Å²) in [5.41, 5.74) is -0.178. The van der Waals surface area contributed by atoms with E-state index in [4.69, 9.17) is 0 Å². The van der Waals surface area contributed by atoms with Gasteiger partial charge in [-0.05, 0) is 36.0 Å². The van der Waals surface area contributed by atoms with Crippen LogP contribution in [-0.4, -0.2) is 17.7 Å². The molecule has 0 fully saturated rings. The lowest BCUT2D eigenvalue weighted by Gasteiger charge is -2.09. The van der Waals surface area contributed by atoms with Gasteiger partial charge in [-0.2, -0.15) is 9.37 Å². The van der Waals surface area contributed by atoms with E-state index in [1.807, 2.05) is 21.2 Å². The van der Waals surface area contributed by atoms with Gasteiger partial charge in [0.25, 0.3) is 0 Å². The largest absolute Gasteiger partial charge is 0.450 e. The Morgan fingerprint density at radius 2 is 2.20 bits per heavy atom. The number of hydrogen-bond acceptors (Lipinski definition) is 5. The second-order valence-electron chi connectivity index (χ2n) is 3.00. The van der Waals surface area contributed by atoms with E-state index >= 15 is 0 Å². The summed E-state index contributed by atoms with van der Waals surface area (Å²) in [5, 5.41) is 4.74. The van der Waals surface area contributed by atoms with Crippen molar-refractivity contribution in [3.63, 3.8) is 0 Å². The van der Waals surface area contributed by atoms with Gasteiger partial charge in [-0.25, -0.2) is 9.18 Å². The molecule has 1 rings (SSSR count). The van der Waals surface area contributed by atoms with E-state index in [0.717, 1.165) is 17.9 Å². The maximum absolute atomic E-state index is 14.1. The standard InChI is InChI=1S/C10H6F2I2N2O2S2/c1-2-18-10(17)16-9-5(3-4-19-13)6(11)7(20-14)8(12)15-9/h2H2,1H3,(H,15,16,17). The van der Waals surface area contributed by atoms with Gasteiger partial charge in [0.1, 0.15) is 10.5 Å². The highest BCUT2D eigenvalue weighted by molar-refractivity contribution is 14.2. The van der Waals surface area contributed by atoms with Crippen LogP contribution in [-0.2, 0) is 4.74 Å². The molecule has 1 N–H and O–H groups in total. The number of aromatic nitrogens is 1. The first-order chi connectivity index (χ1) is 9.54. The van der Waals surface area contributed by atoms with Crippen molar-refractivity contribution in [1.29, 1.82) is 0 Å². The molecule has 108 valence electrons. The summed E-state index contributed by atoms with van der Waals surface area (Å²) in [5.74, 6) is 0.322. The molecule has 1 aromatic heterocycles. The quantitative estimate of drug-likeness (QED) is 0.340. The fourth-order valence-electron chi connectivity index (χ4n) is 1.12. The van der Waals surface area contributed by atoms with Gasteiger partial charge in [0.05, 0.1) is 6.61 Å². The van der Waals surface area contributed by atoms with Crippen molar-refractivity contribution in [2.45, 2.75) is 11.8 Å². The molecule has 20 heavy (non-hydrogen) atoms. The highest BCUT2D eigenvalue weighted by Crippen LogP contribution is 2.33.